The second kappa shape index (κ2) is 7.71. The highest BCUT2D eigenvalue weighted by atomic mass is 79.9. The van der Waals surface area contributed by atoms with Gasteiger partial charge in [-0.3, -0.25) is 5.01 Å². The van der Waals surface area contributed by atoms with Gasteiger partial charge in [0.1, 0.15) is 0 Å². The first-order chi connectivity index (χ1) is 12.8. The molecular formula is C23H19BrN2. The normalized spacial score (nSPS) is 16.9. The van der Waals surface area contributed by atoms with Crippen molar-refractivity contribution in [1.82, 2.24) is 0 Å². The van der Waals surface area contributed by atoms with Gasteiger partial charge in [0.05, 0.1) is 17.4 Å². The largest absolute Gasteiger partial charge is 0.257 e. The van der Waals surface area contributed by atoms with E-state index in [0.717, 1.165) is 22.3 Å². The zero-order chi connectivity index (χ0) is 17.8. The first-order valence-corrected chi connectivity index (χ1v) is 9.49. The van der Waals surface area contributed by atoms with Crippen molar-refractivity contribution in [3.63, 3.8) is 0 Å². The van der Waals surface area contributed by atoms with Gasteiger partial charge >= 0.3 is 0 Å². The number of hydrazone groups is 1. The van der Waals surface area contributed by atoms with Crippen molar-refractivity contribution in [1.29, 1.82) is 0 Å². The van der Waals surface area contributed by atoms with Crippen LogP contribution in [-0.4, -0.2) is 5.71 Å². The quantitative estimate of drug-likeness (QED) is 0.488. The summed E-state index contributed by atoms with van der Waals surface area (Å²) in [5.41, 5.74) is 4.66. The molecule has 0 saturated carbocycles. The second-order valence-corrected chi connectivity index (χ2v) is 7.20. The van der Waals surface area contributed by atoms with Crippen LogP contribution in [0.25, 0.3) is 6.08 Å². The molecule has 0 saturated heterocycles. The Balaban J connectivity index is 1.65. The Morgan fingerprint density at radius 2 is 1.46 bits per heavy atom. The molecule has 1 atom stereocenters. The van der Waals surface area contributed by atoms with E-state index < -0.39 is 0 Å². The van der Waals surface area contributed by atoms with E-state index in [0.29, 0.717) is 0 Å². The molecule has 1 aliphatic heterocycles. The van der Waals surface area contributed by atoms with Crippen molar-refractivity contribution in [3.05, 3.63) is 107 Å². The molecule has 0 bridgehead atoms. The van der Waals surface area contributed by atoms with Gasteiger partial charge in [-0.15, -0.1) is 0 Å². The Labute approximate surface area is 162 Å². The predicted octanol–water partition coefficient (Wildman–Crippen LogP) is 6.47. The van der Waals surface area contributed by atoms with E-state index in [1.165, 1.54) is 11.1 Å². The fourth-order valence-electron chi connectivity index (χ4n) is 3.16. The molecule has 2 nitrogen and oxygen atoms in total. The average Bonchev–Trinajstić information content (AvgIpc) is 3.13. The number of rotatable bonds is 4. The number of allylic oxidation sites excluding steroid dienone is 1. The molecule has 3 aromatic rings. The molecule has 0 fully saturated rings. The molecule has 0 unspecified atom stereocenters. The summed E-state index contributed by atoms with van der Waals surface area (Å²) in [6.45, 7) is 0. The predicted molar refractivity (Wildman–Crippen MR) is 113 cm³/mol. The summed E-state index contributed by atoms with van der Waals surface area (Å²) >= 11 is 3.51. The minimum absolute atomic E-state index is 0.216. The van der Waals surface area contributed by atoms with Gasteiger partial charge in [-0.05, 0) is 41.5 Å². The van der Waals surface area contributed by atoms with Crippen molar-refractivity contribution < 1.29 is 0 Å². The topological polar surface area (TPSA) is 15.6 Å². The van der Waals surface area contributed by atoms with Gasteiger partial charge in [0, 0.05) is 10.9 Å². The molecule has 128 valence electrons. The van der Waals surface area contributed by atoms with Crippen LogP contribution in [0.2, 0.25) is 0 Å². The van der Waals surface area contributed by atoms with Crippen LogP contribution >= 0.6 is 15.9 Å². The third-order valence-electron chi connectivity index (χ3n) is 4.48. The van der Waals surface area contributed by atoms with Gasteiger partial charge in [0.25, 0.3) is 0 Å². The van der Waals surface area contributed by atoms with E-state index in [-0.39, 0.29) is 6.04 Å². The molecule has 0 aliphatic carbocycles. The Bertz CT molecular complexity index is 915. The van der Waals surface area contributed by atoms with Crippen molar-refractivity contribution >= 4 is 33.4 Å². The monoisotopic (exact) mass is 402 g/mol. The molecule has 0 spiro atoms. The Kier molecular flexibility index (Phi) is 4.98. The van der Waals surface area contributed by atoms with Gasteiger partial charge < -0.3 is 0 Å². The number of halogens is 1. The van der Waals surface area contributed by atoms with Crippen LogP contribution in [0.5, 0.6) is 0 Å². The van der Waals surface area contributed by atoms with E-state index in [4.69, 9.17) is 5.10 Å². The molecule has 0 N–H and O–H groups in total. The lowest BCUT2D eigenvalue weighted by molar-refractivity contribution is 0.709. The van der Waals surface area contributed by atoms with Gasteiger partial charge in [-0.25, -0.2) is 0 Å². The number of nitrogens with zero attached hydrogens (tertiary/aromatic N) is 2. The molecule has 1 heterocycles. The molecule has 26 heavy (non-hydrogen) atoms. The molecule has 0 radical (unpaired) electrons. The highest BCUT2D eigenvalue weighted by molar-refractivity contribution is 9.10. The maximum absolute atomic E-state index is 4.91. The van der Waals surface area contributed by atoms with Crippen LogP contribution in [0.15, 0.2) is 101 Å². The van der Waals surface area contributed by atoms with Crippen LogP contribution in [-0.2, 0) is 0 Å². The highest BCUT2D eigenvalue weighted by Gasteiger charge is 2.27. The average molecular weight is 403 g/mol. The number of benzene rings is 3. The molecular weight excluding hydrogens is 384 g/mol. The molecule has 3 heteroatoms. The molecule has 3 aromatic carbocycles. The fraction of sp³-hybridized carbons (Fsp3) is 0.0870. The van der Waals surface area contributed by atoms with E-state index in [1.54, 1.807) is 0 Å². The zero-order valence-corrected chi connectivity index (χ0v) is 15.9. The first-order valence-electron chi connectivity index (χ1n) is 8.70. The summed E-state index contributed by atoms with van der Waals surface area (Å²) in [5.74, 6) is 0. The molecule has 0 aromatic heterocycles. The Morgan fingerprint density at radius 1 is 0.808 bits per heavy atom. The molecule has 0 amide bonds. The summed E-state index contributed by atoms with van der Waals surface area (Å²) in [6, 6.07) is 29.5. The van der Waals surface area contributed by atoms with Gasteiger partial charge in [-0.2, -0.15) is 5.10 Å². The van der Waals surface area contributed by atoms with Gasteiger partial charge in [-0.1, -0.05) is 82.7 Å². The van der Waals surface area contributed by atoms with Crippen molar-refractivity contribution in [2.75, 3.05) is 5.01 Å². The first kappa shape index (κ1) is 16.8. The second-order valence-electron chi connectivity index (χ2n) is 6.29. The van der Waals surface area contributed by atoms with Crippen LogP contribution in [0.1, 0.15) is 23.6 Å². The van der Waals surface area contributed by atoms with Crippen LogP contribution in [0, 0.1) is 0 Å². The molecule has 4 rings (SSSR count). The lowest BCUT2D eigenvalue weighted by atomic mass is 10.0. The number of hydrogen-bond donors (Lipinski definition) is 0. The summed E-state index contributed by atoms with van der Waals surface area (Å²) in [6.07, 6.45) is 5.15. The summed E-state index contributed by atoms with van der Waals surface area (Å²) in [4.78, 5) is 0. The minimum atomic E-state index is 0.216. The van der Waals surface area contributed by atoms with Crippen LogP contribution in [0.4, 0.5) is 5.69 Å². The minimum Gasteiger partial charge on any atom is -0.257 e. The number of anilines is 1. The van der Waals surface area contributed by atoms with Crippen molar-refractivity contribution in [3.8, 4) is 0 Å². The van der Waals surface area contributed by atoms with Crippen LogP contribution < -0.4 is 5.01 Å². The Hall–Kier alpha value is -2.65. The molecule has 1 aliphatic rings. The maximum atomic E-state index is 4.91. The summed E-state index contributed by atoms with van der Waals surface area (Å²) in [5, 5.41) is 7.04. The van der Waals surface area contributed by atoms with Crippen LogP contribution in [0.3, 0.4) is 0 Å². The van der Waals surface area contributed by atoms with Gasteiger partial charge in [0.15, 0.2) is 0 Å². The lowest BCUT2D eigenvalue weighted by Gasteiger charge is -2.24. The maximum Gasteiger partial charge on any atom is 0.0831 e. The smallest absolute Gasteiger partial charge is 0.0831 e. The lowest BCUT2D eigenvalue weighted by Crippen LogP contribution is -2.18. The summed E-state index contributed by atoms with van der Waals surface area (Å²) < 4.78 is 1.07. The SMILES string of the molecule is Brc1ccc(N2N=C(/C=C/c3ccccc3)C[C@@H]2c2ccccc2)cc1. The van der Waals surface area contributed by atoms with E-state index in [2.05, 4.69) is 112 Å². The third-order valence-corrected chi connectivity index (χ3v) is 5.01. The van der Waals surface area contributed by atoms with E-state index >= 15 is 0 Å². The van der Waals surface area contributed by atoms with E-state index in [1.807, 2.05) is 6.07 Å². The zero-order valence-electron chi connectivity index (χ0n) is 14.3. The fourth-order valence-corrected chi connectivity index (χ4v) is 3.42. The van der Waals surface area contributed by atoms with Crippen molar-refractivity contribution in [2.24, 2.45) is 5.10 Å². The Morgan fingerprint density at radius 3 is 2.15 bits per heavy atom. The highest BCUT2D eigenvalue weighted by Crippen LogP contribution is 2.35. The standard InChI is InChI=1S/C23H19BrN2/c24-20-12-15-22(16-13-20)26-23(19-9-5-2-6-10-19)17-21(25-26)14-11-18-7-3-1-4-8-18/h1-16,23H,17H2/b14-11+/t23-/m1/s1. The summed E-state index contributed by atoms with van der Waals surface area (Å²) in [7, 11) is 0. The third kappa shape index (κ3) is 3.78. The van der Waals surface area contributed by atoms with Crippen molar-refractivity contribution in [2.45, 2.75) is 12.5 Å². The van der Waals surface area contributed by atoms with Gasteiger partial charge in [0.2, 0.25) is 0 Å². The van der Waals surface area contributed by atoms with E-state index in [9.17, 15) is 0 Å². The number of hydrogen-bond acceptors (Lipinski definition) is 2.